The van der Waals surface area contributed by atoms with Crippen molar-refractivity contribution in [3.05, 3.63) is 35.4 Å². The molecule has 0 atom stereocenters. The van der Waals surface area contributed by atoms with Gasteiger partial charge in [0.1, 0.15) is 0 Å². The predicted octanol–water partition coefficient (Wildman–Crippen LogP) is 2.79. The van der Waals surface area contributed by atoms with Gasteiger partial charge < -0.3 is 5.11 Å². The van der Waals surface area contributed by atoms with Crippen molar-refractivity contribution in [2.24, 2.45) is 0 Å². The largest absolute Gasteiger partial charge is 0.395 e. The van der Waals surface area contributed by atoms with Gasteiger partial charge >= 0.3 is 0 Å². The molecule has 0 unspecified atom stereocenters. The third-order valence-electron chi connectivity index (χ3n) is 3.84. The number of nitrogens with zero attached hydrogens (tertiary/aromatic N) is 1. The molecule has 102 valence electrons. The van der Waals surface area contributed by atoms with E-state index in [1.165, 1.54) is 24.9 Å². The molecule has 0 saturated carbocycles. The molecule has 2 nitrogen and oxygen atoms in total. The molecule has 1 aliphatic heterocycles. The molecule has 0 spiro atoms. The van der Waals surface area contributed by atoms with Gasteiger partial charge in [0, 0.05) is 24.1 Å². The normalized spacial score (nSPS) is 18.1. The number of hydrogen-bond acceptors (Lipinski definition) is 2. The van der Waals surface area contributed by atoms with Crippen LogP contribution in [0.15, 0.2) is 24.3 Å². The van der Waals surface area contributed by atoms with Crippen LogP contribution in [0.3, 0.4) is 0 Å². The topological polar surface area (TPSA) is 23.5 Å². The Labute approximate surface area is 116 Å². The average molecular weight is 257 g/mol. The minimum absolute atomic E-state index is 0.134. The van der Waals surface area contributed by atoms with Crippen molar-refractivity contribution in [3.63, 3.8) is 0 Å². The Morgan fingerprint density at radius 1 is 1.37 bits per heavy atom. The SMILES string of the molecule is CC1(C)CCCN1Cc1cccc(C#CCCO)c1. The second-order valence-electron chi connectivity index (χ2n) is 5.81. The van der Waals surface area contributed by atoms with Crippen molar-refractivity contribution < 1.29 is 5.11 Å². The highest BCUT2D eigenvalue weighted by molar-refractivity contribution is 5.37. The number of aliphatic hydroxyl groups excluding tert-OH is 1. The van der Waals surface area contributed by atoms with Gasteiger partial charge in [0.15, 0.2) is 0 Å². The molecule has 1 heterocycles. The maximum absolute atomic E-state index is 8.74. The lowest BCUT2D eigenvalue weighted by molar-refractivity contribution is 0.166. The molecule has 1 fully saturated rings. The molecule has 1 saturated heterocycles. The first-order valence-electron chi connectivity index (χ1n) is 7.05. The van der Waals surface area contributed by atoms with Crippen LogP contribution in [0.4, 0.5) is 0 Å². The standard InChI is InChI=1S/C17H23NO/c1-17(2)10-6-11-18(17)14-16-9-5-8-15(13-16)7-3-4-12-19/h5,8-9,13,19H,4,6,10-12,14H2,1-2H3. The summed E-state index contributed by atoms with van der Waals surface area (Å²) < 4.78 is 0. The van der Waals surface area contributed by atoms with Gasteiger partial charge in [0.25, 0.3) is 0 Å². The molecule has 1 aromatic carbocycles. The van der Waals surface area contributed by atoms with Crippen LogP contribution in [0, 0.1) is 11.8 Å². The minimum atomic E-state index is 0.134. The van der Waals surface area contributed by atoms with Crippen LogP contribution in [0.25, 0.3) is 0 Å². The van der Waals surface area contributed by atoms with Gasteiger partial charge in [-0.3, -0.25) is 4.90 Å². The van der Waals surface area contributed by atoms with Crippen LogP contribution in [-0.4, -0.2) is 28.7 Å². The Bertz CT molecular complexity index is 482. The summed E-state index contributed by atoms with van der Waals surface area (Å²) in [6.07, 6.45) is 3.12. The average Bonchev–Trinajstić information content (AvgIpc) is 2.70. The zero-order valence-electron chi connectivity index (χ0n) is 11.9. The van der Waals surface area contributed by atoms with Crippen molar-refractivity contribution in [2.45, 2.75) is 45.2 Å². The molecule has 1 aliphatic rings. The molecule has 0 radical (unpaired) electrons. The highest BCUT2D eigenvalue weighted by Gasteiger charge is 2.31. The number of likely N-dealkylation sites (tertiary alicyclic amines) is 1. The van der Waals surface area contributed by atoms with Gasteiger partial charge in [-0.25, -0.2) is 0 Å². The Balaban J connectivity index is 2.05. The van der Waals surface area contributed by atoms with Gasteiger partial charge in [0.05, 0.1) is 6.61 Å². The second-order valence-corrected chi connectivity index (χ2v) is 5.81. The van der Waals surface area contributed by atoms with E-state index >= 15 is 0 Å². The fraction of sp³-hybridized carbons (Fsp3) is 0.529. The van der Waals surface area contributed by atoms with Crippen LogP contribution in [0.1, 0.15) is 44.2 Å². The molecular formula is C17H23NO. The van der Waals surface area contributed by atoms with Crippen molar-refractivity contribution in [2.75, 3.05) is 13.2 Å². The van der Waals surface area contributed by atoms with Crippen LogP contribution in [-0.2, 0) is 6.54 Å². The summed E-state index contributed by atoms with van der Waals surface area (Å²) in [6, 6.07) is 8.44. The van der Waals surface area contributed by atoms with Gasteiger partial charge in [-0.15, -0.1) is 0 Å². The third-order valence-corrected chi connectivity index (χ3v) is 3.84. The molecule has 0 bridgehead atoms. The molecule has 19 heavy (non-hydrogen) atoms. The summed E-state index contributed by atoms with van der Waals surface area (Å²) in [5.74, 6) is 6.08. The van der Waals surface area contributed by atoms with Crippen LogP contribution in [0.2, 0.25) is 0 Å². The van der Waals surface area contributed by atoms with Crippen molar-refractivity contribution in [1.82, 2.24) is 4.90 Å². The van der Waals surface area contributed by atoms with Gasteiger partial charge in [0.2, 0.25) is 0 Å². The second kappa shape index (κ2) is 6.23. The molecular weight excluding hydrogens is 234 g/mol. The quantitative estimate of drug-likeness (QED) is 0.842. The molecule has 0 aliphatic carbocycles. The fourth-order valence-corrected chi connectivity index (χ4v) is 2.64. The zero-order valence-corrected chi connectivity index (χ0v) is 11.9. The van der Waals surface area contributed by atoms with Crippen molar-refractivity contribution in [1.29, 1.82) is 0 Å². The number of benzene rings is 1. The molecule has 1 N–H and O–H groups in total. The molecule has 2 rings (SSSR count). The molecule has 1 aromatic rings. The summed E-state index contributed by atoms with van der Waals surface area (Å²) in [5, 5.41) is 8.74. The summed E-state index contributed by atoms with van der Waals surface area (Å²) in [6.45, 7) is 6.97. The molecule has 2 heteroatoms. The first-order chi connectivity index (χ1) is 9.12. The summed E-state index contributed by atoms with van der Waals surface area (Å²) >= 11 is 0. The van der Waals surface area contributed by atoms with E-state index in [0.717, 1.165) is 12.1 Å². The highest BCUT2D eigenvalue weighted by atomic mass is 16.2. The Morgan fingerprint density at radius 2 is 2.21 bits per heavy atom. The molecule has 0 amide bonds. The minimum Gasteiger partial charge on any atom is -0.395 e. The number of hydrogen-bond donors (Lipinski definition) is 1. The number of aliphatic hydroxyl groups is 1. The first kappa shape index (κ1) is 14.1. The van der Waals surface area contributed by atoms with Crippen LogP contribution in [0.5, 0.6) is 0 Å². The van der Waals surface area contributed by atoms with Crippen molar-refractivity contribution >= 4 is 0 Å². The highest BCUT2D eigenvalue weighted by Crippen LogP contribution is 2.29. The monoisotopic (exact) mass is 257 g/mol. The molecule has 0 aromatic heterocycles. The lowest BCUT2D eigenvalue weighted by atomic mass is 10.0. The maximum atomic E-state index is 8.74. The van der Waals surface area contributed by atoms with E-state index in [0.29, 0.717) is 12.0 Å². The van der Waals surface area contributed by atoms with E-state index in [2.05, 4.69) is 48.8 Å². The third kappa shape index (κ3) is 3.83. The fourth-order valence-electron chi connectivity index (χ4n) is 2.64. The van der Waals surface area contributed by atoms with Gasteiger partial charge in [-0.2, -0.15) is 0 Å². The van der Waals surface area contributed by atoms with Crippen molar-refractivity contribution in [3.8, 4) is 11.8 Å². The summed E-state index contributed by atoms with van der Waals surface area (Å²) in [7, 11) is 0. The predicted molar refractivity (Wildman–Crippen MR) is 78.7 cm³/mol. The lowest BCUT2D eigenvalue weighted by Gasteiger charge is -2.31. The Kier molecular flexibility index (Phi) is 4.63. The van der Waals surface area contributed by atoms with Crippen LogP contribution < -0.4 is 0 Å². The van der Waals surface area contributed by atoms with E-state index in [4.69, 9.17) is 5.11 Å². The van der Waals surface area contributed by atoms with E-state index in [9.17, 15) is 0 Å². The number of rotatable bonds is 3. The smallest absolute Gasteiger partial charge is 0.0540 e. The summed E-state index contributed by atoms with van der Waals surface area (Å²) in [5.41, 5.74) is 2.69. The van der Waals surface area contributed by atoms with E-state index in [-0.39, 0.29) is 6.61 Å². The Morgan fingerprint density at radius 3 is 2.89 bits per heavy atom. The first-order valence-corrected chi connectivity index (χ1v) is 7.05. The van der Waals surface area contributed by atoms with E-state index < -0.39 is 0 Å². The lowest BCUT2D eigenvalue weighted by Crippen LogP contribution is -2.37. The van der Waals surface area contributed by atoms with Gasteiger partial charge in [-0.05, 0) is 50.9 Å². The van der Waals surface area contributed by atoms with E-state index in [1.807, 2.05) is 6.07 Å². The van der Waals surface area contributed by atoms with Crippen LogP contribution >= 0.6 is 0 Å². The summed E-state index contributed by atoms with van der Waals surface area (Å²) in [4.78, 5) is 2.55. The Hall–Kier alpha value is -1.30. The van der Waals surface area contributed by atoms with E-state index in [1.54, 1.807) is 0 Å². The maximum Gasteiger partial charge on any atom is 0.0540 e. The van der Waals surface area contributed by atoms with Gasteiger partial charge in [-0.1, -0.05) is 24.0 Å². The zero-order chi connectivity index (χ0) is 13.7.